The second-order valence-corrected chi connectivity index (χ2v) is 4.49. The van der Waals surface area contributed by atoms with Crippen LogP contribution in [0.3, 0.4) is 0 Å². The first kappa shape index (κ1) is 12.1. The molecule has 3 nitrogen and oxygen atoms in total. The average Bonchev–Trinajstić information content (AvgIpc) is 2.68. The molecule has 0 saturated carbocycles. The number of H-pyrrole nitrogens is 1. The number of nitrogens with two attached hydrogens (primary N) is 1. The zero-order chi connectivity index (χ0) is 12.4. The molecule has 0 aliphatic carbocycles. The second-order valence-electron chi connectivity index (χ2n) is 4.49. The number of hydrogen-bond acceptors (Lipinski definition) is 2. The van der Waals surface area contributed by atoms with Crippen LogP contribution in [-0.4, -0.2) is 30.5 Å². The number of rotatable bonds is 4. The molecule has 2 aromatic rings. The molecular weight excluding hydrogens is 217 g/mol. The van der Waals surface area contributed by atoms with E-state index in [1.54, 1.807) is 12.1 Å². The minimum absolute atomic E-state index is 0.205. The Bertz CT molecular complexity index is 504. The summed E-state index contributed by atoms with van der Waals surface area (Å²) in [4.78, 5) is 5.29. The van der Waals surface area contributed by atoms with Gasteiger partial charge in [0.25, 0.3) is 0 Å². The molecule has 1 atom stereocenters. The highest BCUT2D eigenvalue weighted by molar-refractivity contribution is 5.83. The summed E-state index contributed by atoms with van der Waals surface area (Å²) in [7, 11) is 4.02. The highest BCUT2D eigenvalue weighted by atomic mass is 19.1. The summed E-state index contributed by atoms with van der Waals surface area (Å²) < 4.78 is 13.3. The van der Waals surface area contributed by atoms with Gasteiger partial charge in [0.2, 0.25) is 0 Å². The van der Waals surface area contributed by atoms with Crippen molar-refractivity contribution in [2.45, 2.75) is 12.5 Å². The largest absolute Gasteiger partial charge is 0.361 e. The van der Waals surface area contributed by atoms with Gasteiger partial charge in [-0.2, -0.15) is 0 Å². The summed E-state index contributed by atoms with van der Waals surface area (Å²) in [6, 6.07) is 5.03. The topological polar surface area (TPSA) is 45.0 Å². The first-order valence-electron chi connectivity index (χ1n) is 5.76. The van der Waals surface area contributed by atoms with Crippen LogP contribution in [0.4, 0.5) is 4.39 Å². The van der Waals surface area contributed by atoms with Gasteiger partial charge in [0.05, 0.1) is 0 Å². The Labute approximate surface area is 100 Å². The van der Waals surface area contributed by atoms with Gasteiger partial charge in [0, 0.05) is 23.1 Å². The molecular formula is C13H18FN3. The number of halogens is 1. The molecule has 92 valence electrons. The molecule has 4 heteroatoms. The van der Waals surface area contributed by atoms with Crippen molar-refractivity contribution in [3.05, 3.63) is 35.8 Å². The summed E-state index contributed by atoms with van der Waals surface area (Å²) in [5, 5.41) is 0.942. The van der Waals surface area contributed by atoms with Crippen LogP contribution in [-0.2, 0) is 0 Å². The summed E-state index contributed by atoms with van der Waals surface area (Å²) in [5.74, 6) is -0.205. The Kier molecular flexibility index (Phi) is 3.45. The van der Waals surface area contributed by atoms with E-state index in [4.69, 9.17) is 5.73 Å². The fraction of sp³-hybridized carbons (Fsp3) is 0.385. The third-order valence-corrected chi connectivity index (χ3v) is 3.10. The molecule has 1 aromatic heterocycles. The van der Waals surface area contributed by atoms with E-state index >= 15 is 0 Å². The van der Waals surface area contributed by atoms with Crippen LogP contribution in [0.15, 0.2) is 24.4 Å². The number of aromatic nitrogens is 1. The molecule has 0 spiro atoms. The summed E-state index contributed by atoms with van der Waals surface area (Å²) in [5.41, 5.74) is 7.71. The van der Waals surface area contributed by atoms with Crippen molar-refractivity contribution in [1.82, 2.24) is 9.88 Å². The van der Waals surface area contributed by atoms with Gasteiger partial charge in [-0.25, -0.2) is 4.39 Å². The van der Waals surface area contributed by atoms with E-state index in [1.165, 1.54) is 6.07 Å². The van der Waals surface area contributed by atoms with Gasteiger partial charge in [0.1, 0.15) is 5.82 Å². The van der Waals surface area contributed by atoms with Crippen LogP contribution in [0.5, 0.6) is 0 Å². The molecule has 0 amide bonds. The highest BCUT2D eigenvalue weighted by Crippen LogP contribution is 2.29. The van der Waals surface area contributed by atoms with E-state index in [9.17, 15) is 4.39 Å². The Hall–Kier alpha value is -1.39. The first-order valence-corrected chi connectivity index (χ1v) is 5.76. The summed E-state index contributed by atoms with van der Waals surface area (Å²) in [6.45, 7) is 0.616. The van der Waals surface area contributed by atoms with Gasteiger partial charge in [0.15, 0.2) is 0 Å². The van der Waals surface area contributed by atoms with Crippen molar-refractivity contribution in [2.24, 2.45) is 5.73 Å². The van der Waals surface area contributed by atoms with Gasteiger partial charge >= 0.3 is 0 Å². The maximum atomic E-state index is 13.3. The number of aromatic amines is 1. The van der Waals surface area contributed by atoms with Gasteiger partial charge in [-0.1, -0.05) is 0 Å². The van der Waals surface area contributed by atoms with Crippen molar-refractivity contribution in [1.29, 1.82) is 0 Å². The van der Waals surface area contributed by atoms with E-state index in [0.717, 1.165) is 22.9 Å². The Morgan fingerprint density at radius 2 is 2.18 bits per heavy atom. The molecule has 1 unspecified atom stereocenters. The minimum Gasteiger partial charge on any atom is -0.361 e. The van der Waals surface area contributed by atoms with Crippen molar-refractivity contribution < 1.29 is 4.39 Å². The van der Waals surface area contributed by atoms with Crippen molar-refractivity contribution in [3.63, 3.8) is 0 Å². The molecule has 3 N–H and O–H groups in total. The molecule has 17 heavy (non-hydrogen) atoms. The maximum absolute atomic E-state index is 13.3. The predicted molar refractivity (Wildman–Crippen MR) is 68.4 cm³/mol. The van der Waals surface area contributed by atoms with Crippen LogP contribution >= 0.6 is 0 Å². The zero-order valence-electron chi connectivity index (χ0n) is 10.2. The second kappa shape index (κ2) is 4.85. The zero-order valence-corrected chi connectivity index (χ0v) is 10.2. The van der Waals surface area contributed by atoms with Crippen molar-refractivity contribution in [2.75, 3.05) is 20.6 Å². The van der Waals surface area contributed by atoms with Crippen LogP contribution in [0, 0.1) is 5.82 Å². The quantitative estimate of drug-likeness (QED) is 0.853. The van der Waals surface area contributed by atoms with Crippen LogP contribution in [0.2, 0.25) is 0 Å². The predicted octanol–water partition coefficient (Wildman–Crippen LogP) is 2.26. The lowest BCUT2D eigenvalue weighted by Crippen LogP contribution is -2.22. The monoisotopic (exact) mass is 235 g/mol. The number of nitrogens with zero attached hydrogens (tertiary/aromatic N) is 1. The Morgan fingerprint density at radius 3 is 2.82 bits per heavy atom. The molecule has 2 rings (SSSR count). The van der Waals surface area contributed by atoms with E-state index < -0.39 is 0 Å². The van der Waals surface area contributed by atoms with Gasteiger partial charge in [-0.3, -0.25) is 0 Å². The van der Waals surface area contributed by atoms with Crippen molar-refractivity contribution >= 4 is 10.9 Å². The highest BCUT2D eigenvalue weighted by Gasteiger charge is 2.17. The first-order chi connectivity index (χ1) is 8.13. The molecule has 0 aliphatic heterocycles. The minimum atomic E-state index is -0.205. The van der Waals surface area contributed by atoms with Crippen LogP contribution in [0.1, 0.15) is 18.0 Å². The molecule has 0 aliphatic rings. The van der Waals surface area contributed by atoms with Gasteiger partial charge in [-0.15, -0.1) is 0 Å². The standard InChI is InChI=1S/C13H18FN3/c1-17(2)13(5-6-15)11-8-16-12-4-3-9(14)7-10(11)12/h3-4,7-8,13,16H,5-6,15H2,1-2H3. The van der Waals surface area contributed by atoms with E-state index in [2.05, 4.69) is 9.88 Å². The Balaban J connectivity index is 2.49. The summed E-state index contributed by atoms with van der Waals surface area (Å²) in [6.07, 6.45) is 2.81. The lowest BCUT2D eigenvalue weighted by molar-refractivity contribution is 0.289. The SMILES string of the molecule is CN(C)C(CCN)c1c[nH]c2ccc(F)cc12. The lowest BCUT2D eigenvalue weighted by atomic mass is 10.0. The van der Waals surface area contributed by atoms with E-state index in [1.807, 2.05) is 20.3 Å². The number of fused-ring (bicyclic) bond motifs is 1. The Morgan fingerprint density at radius 1 is 1.41 bits per heavy atom. The number of hydrogen-bond donors (Lipinski definition) is 2. The third kappa shape index (κ3) is 2.33. The third-order valence-electron chi connectivity index (χ3n) is 3.10. The molecule has 1 heterocycles. The van der Waals surface area contributed by atoms with Gasteiger partial charge in [-0.05, 0) is 50.8 Å². The van der Waals surface area contributed by atoms with Crippen molar-refractivity contribution in [3.8, 4) is 0 Å². The fourth-order valence-corrected chi connectivity index (χ4v) is 2.24. The molecule has 1 aromatic carbocycles. The maximum Gasteiger partial charge on any atom is 0.123 e. The smallest absolute Gasteiger partial charge is 0.123 e. The van der Waals surface area contributed by atoms with E-state index in [0.29, 0.717) is 6.54 Å². The molecule has 0 fully saturated rings. The fourth-order valence-electron chi connectivity index (χ4n) is 2.24. The molecule has 0 bridgehead atoms. The average molecular weight is 235 g/mol. The number of benzene rings is 1. The van der Waals surface area contributed by atoms with Crippen LogP contribution < -0.4 is 5.73 Å². The normalized spacial score (nSPS) is 13.5. The summed E-state index contributed by atoms with van der Waals surface area (Å²) >= 11 is 0. The van der Waals surface area contributed by atoms with Crippen LogP contribution in [0.25, 0.3) is 10.9 Å². The molecule has 0 saturated heterocycles. The lowest BCUT2D eigenvalue weighted by Gasteiger charge is -2.23. The molecule has 0 radical (unpaired) electrons. The van der Waals surface area contributed by atoms with Gasteiger partial charge < -0.3 is 15.6 Å². The van der Waals surface area contributed by atoms with E-state index in [-0.39, 0.29) is 11.9 Å². The number of nitrogens with one attached hydrogen (secondary N) is 1.